The zero-order valence-corrected chi connectivity index (χ0v) is 70.7. The van der Waals surface area contributed by atoms with Crippen molar-refractivity contribution in [2.75, 3.05) is 195 Å². The number of hydrogen-bond acceptors (Lipinski definition) is 23. The number of aryl methyl sites for hydroxylation is 2. The summed E-state index contributed by atoms with van der Waals surface area (Å²) in [7, 11) is 9.48. The third-order valence-electron chi connectivity index (χ3n) is 15.3. The molecule has 2 unspecified atom stereocenters. The number of likely N-dealkylation sites (N-methyl/N-ethyl adjacent to an activating group) is 1. The summed E-state index contributed by atoms with van der Waals surface area (Å²) in [6, 6.07) is 16.5. The molecule has 2 saturated heterocycles. The van der Waals surface area contributed by atoms with Crippen LogP contribution in [0.3, 0.4) is 0 Å². The molecule has 2 aromatic carbocycles. The van der Waals surface area contributed by atoms with E-state index in [4.69, 9.17) is 77.3 Å². The molecule has 0 radical (unpaired) electrons. The van der Waals surface area contributed by atoms with Crippen LogP contribution < -0.4 is 68.4 Å². The molecule has 2 fully saturated rings. The van der Waals surface area contributed by atoms with Gasteiger partial charge < -0.3 is 102 Å². The van der Waals surface area contributed by atoms with Crippen LogP contribution in [0.2, 0.25) is 0 Å². The van der Waals surface area contributed by atoms with E-state index in [-0.39, 0.29) is 0 Å². The lowest BCUT2D eigenvalue weighted by Crippen LogP contribution is -2.44. The number of nitrogens with two attached hydrogens (primary N) is 11. The average molecular weight is 1510 g/mol. The van der Waals surface area contributed by atoms with Crippen LogP contribution in [0.5, 0.6) is 0 Å². The molecule has 0 bridgehead atoms. The Labute approximate surface area is 639 Å². The van der Waals surface area contributed by atoms with E-state index in [0.29, 0.717) is 45.0 Å². The molecule has 2 aliphatic rings. The van der Waals surface area contributed by atoms with Crippen molar-refractivity contribution in [3.8, 4) is 0 Å². The van der Waals surface area contributed by atoms with E-state index in [9.17, 15) is 0 Å². The minimum Gasteiger partial charge on any atom is -0.399 e. The van der Waals surface area contributed by atoms with Gasteiger partial charge in [-0.25, -0.2) is 4.98 Å². The van der Waals surface area contributed by atoms with E-state index in [1.807, 2.05) is 56.6 Å². The highest BCUT2D eigenvalue weighted by Gasteiger charge is 2.13. The van der Waals surface area contributed by atoms with Crippen LogP contribution in [-0.2, 0) is 20.8 Å². The van der Waals surface area contributed by atoms with Gasteiger partial charge in [0.15, 0.2) is 0 Å². The maximum Gasteiger partial charge on any atom is 0.0945 e. The van der Waals surface area contributed by atoms with Gasteiger partial charge in [-0.2, -0.15) is 0 Å². The number of nitrogen functional groups attached to an aromatic ring is 1. The van der Waals surface area contributed by atoms with Crippen LogP contribution >= 0.6 is 43.2 Å². The normalized spacial score (nSPS) is 13.1. The second-order valence-electron chi connectivity index (χ2n) is 25.9. The number of ether oxygens (including phenoxy) is 3. The fraction of sp³-hybridized carbons (Fsp3) is 0.805. The molecule has 2 aliphatic heterocycles. The molecule has 20 nitrogen and oxygen atoms in total. The molecule has 101 heavy (non-hydrogen) atoms. The van der Waals surface area contributed by atoms with Gasteiger partial charge in [-0.05, 0) is 243 Å². The monoisotopic (exact) mass is 1510 g/mol. The smallest absolute Gasteiger partial charge is 0.0945 e. The van der Waals surface area contributed by atoms with Gasteiger partial charge in [0, 0.05) is 91.8 Å². The lowest BCUT2D eigenvalue weighted by Gasteiger charge is -2.32. The second kappa shape index (κ2) is 92.4. The molecule has 23 N–H and O–H groups in total. The van der Waals surface area contributed by atoms with Crippen LogP contribution in [0.1, 0.15) is 191 Å². The van der Waals surface area contributed by atoms with Gasteiger partial charge in [-0.1, -0.05) is 163 Å². The molecule has 2 atom stereocenters. The number of piperazine rings is 1. The molecule has 0 saturated carbocycles. The van der Waals surface area contributed by atoms with E-state index in [2.05, 4.69) is 139 Å². The minimum atomic E-state index is 0.361. The molecule has 0 spiro atoms. The van der Waals surface area contributed by atoms with Crippen molar-refractivity contribution in [2.24, 2.45) is 74.6 Å². The van der Waals surface area contributed by atoms with Crippen LogP contribution in [-0.4, -0.2) is 213 Å². The van der Waals surface area contributed by atoms with Crippen molar-refractivity contribution < 1.29 is 14.2 Å². The third-order valence-corrected chi connectivity index (χ3v) is 20.3. The van der Waals surface area contributed by atoms with E-state index in [1.165, 1.54) is 157 Å². The van der Waals surface area contributed by atoms with Crippen molar-refractivity contribution in [1.82, 2.24) is 29.6 Å². The van der Waals surface area contributed by atoms with Gasteiger partial charge in [0.2, 0.25) is 0 Å². The first-order chi connectivity index (χ1) is 48.8. The summed E-state index contributed by atoms with van der Waals surface area (Å²) < 4.78 is 17.6. The standard InChI is InChI=1S/C13H13NS2.C9H21NO3.C8H19N3.C7H16N2.C7H17N.C6H11N3.C6H16N2.2C6H15N.C5H13NS2.C4H11N/c1-10-2-6-12(7-3-10)15-16-13-8-4-11(14)5-9-13;1-2-4-11-6-8-13-9-7-12-5-3-10;1-10-5-7-11(8-6-10)4-2-3-9;8-4-3-7-9-5-1-2-6-9;1-3-4-5-7(2)6-8;7-2-1-4-9-5-3-8-6-9;1-2-5-8-6-3-4-7;1-4-6(2,3)5-7;1-3-6(2)4-5-7;1-2-4-7-8-5-3-6;1-2-3-4-5/h2-9H,14H2,1H3;2-10H2,1H3;2-9H2,1H3;1-8H2;7H,3-6,8H2,1-2H3;3,5-6H,1-2,4,7H2;8H,2-7H2,1H3;4-5,7H2,1-3H3;6H,3-5,7H2,1-2H3;2-6H2,1H3;2-5H2,1H3. The van der Waals surface area contributed by atoms with Crippen molar-refractivity contribution in [3.05, 3.63) is 72.8 Å². The summed E-state index contributed by atoms with van der Waals surface area (Å²) in [6.45, 7) is 51.0. The molecular weight excluding hydrogens is 1340 g/mol. The van der Waals surface area contributed by atoms with Gasteiger partial charge in [0.1, 0.15) is 0 Å². The summed E-state index contributed by atoms with van der Waals surface area (Å²) in [5, 5.41) is 3.26. The largest absolute Gasteiger partial charge is 0.399 e. The zero-order chi connectivity index (χ0) is 76.9. The van der Waals surface area contributed by atoms with Crippen molar-refractivity contribution in [2.45, 2.75) is 209 Å². The average Bonchev–Trinajstić information content (AvgIpc) is 1.38. The Balaban J connectivity index is -0.000000249. The summed E-state index contributed by atoms with van der Waals surface area (Å²) in [4.78, 5) is 13.7. The van der Waals surface area contributed by atoms with Gasteiger partial charge in [0.05, 0.1) is 39.4 Å². The Bertz CT molecular complexity index is 1810. The fourth-order valence-electron chi connectivity index (χ4n) is 7.67. The number of unbranched alkanes of at least 4 members (excludes halogenated alkanes) is 2. The maximum atomic E-state index is 5.63. The van der Waals surface area contributed by atoms with Crippen LogP contribution in [0.15, 0.2) is 77.0 Å². The molecule has 5 rings (SSSR count). The summed E-state index contributed by atoms with van der Waals surface area (Å²) in [6.07, 6.45) is 26.2. The summed E-state index contributed by atoms with van der Waals surface area (Å²) in [5.74, 6) is 3.90. The maximum absolute atomic E-state index is 5.63. The Morgan fingerprint density at radius 1 is 0.505 bits per heavy atom. The van der Waals surface area contributed by atoms with E-state index >= 15 is 0 Å². The minimum absolute atomic E-state index is 0.361. The highest BCUT2D eigenvalue weighted by molar-refractivity contribution is 8.77. The highest BCUT2D eigenvalue weighted by atomic mass is 33.1. The number of rotatable bonds is 43. The first-order valence-electron chi connectivity index (χ1n) is 38.9. The quantitative estimate of drug-likeness (QED) is 0.0142. The number of likely N-dealkylation sites (tertiary alicyclic amines) is 1. The van der Waals surface area contributed by atoms with Crippen molar-refractivity contribution in [1.29, 1.82) is 0 Å². The molecule has 602 valence electrons. The SMILES string of the molecule is CCC(C)(C)CN.CCC(C)CCN.CCCCC(C)CN.CCCCN.CCCNCCCN.CCCOCCOCCOCCN.CCCSSCCN.CN1CCN(CCCN)CC1.Cc1ccc(SSc2ccc(N)cc2)cc1.NCCCN1CCCC1.NCCCn1ccnc1. The fourth-order valence-corrected chi connectivity index (χ4v) is 11.6. The number of hydrogen-bond donors (Lipinski definition) is 12. The number of nitrogens with one attached hydrogen (secondary N) is 1. The topological polar surface area (TPSA) is 353 Å². The predicted molar refractivity (Wildman–Crippen MR) is 457 cm³/mol. The molecular formula is C77H167N17O3S4. The molecule has 3 aromatic rings. The van der Waals surface area contributed by atoms with E-state index in [1.54, 1.807) is 34.1 Å². The van der Waals surface area contributed by atoms with Gasteiger partial charge in [-0.3, -0.25) is 0 Å². The number of benzene rings is 2. The van der Waals surface area contributed by atoms with Crippen LogP contribution in [0, 0.1) is 24.2 Å². The van der Waals surface area contributed by atoms with Crippen molar-refractivity contribution in [3.63, 3.8) is 0 Å². The Morgan fingerprint density at radius 3 is 1.41 bits per heavy atom. The number of nitrogens with zero attached hydrogens (tertiary/aromatic N) is 5. The molecule has 0 amide bonds. The predicted octanol–water partition coefficient (Wildman–Crippen LogP) is 12.4. The lowest BCUT2D eigenvalue weighted by atomic mass is 9.91. The summed E-state index contributed by atoms with van der Waals surface area (Å²) in [5.41, 5.74) is 61.3. The van der Waals surface area contributed by atoms with Gasteiger partial charge in [0.25, 0.3) is 0 Å². The Hall–Kier alpha value is -1.83. The second-order valence-corrected chi connectivity index (χ2v) is 30.8. The zero-order valence-electron chi connectivity index (χ0n) is 67.5. The van der Waals surface area contributed by atoms with Crippen LogP contribution in [0.4, 0.5) is 5.69 Å². The van der Waals surface area contributed by atoms with Crippen LogP contribution in [0.25, 0.3) is 0 Å². The van der Waals surface area contributed by atoms with E-state index < -0.39 is 0 Å². The molecule has 0 aliphatic carbocycles. The van der Waals surface area contributed by atoms with E-state index in [0.717, 1.165) is 134 Å². The van der Waals surface area contributed by atoms with Gasteiger partial charge in [-0.15, -0.1) is 0 Å². The number of aromatic nitrogens is 2. The Morgan fingerprint density at radius 2 is 1.01 bits per heavy atom. The molecule has 24 heteroatoms. The van der Waals surface area contributed by atoms with Crippen molar-refractivity contribution >= 4 is 48.9 Å². The molecule has 1 aromatic heterocycles. The number of imidazole rings is 1. The van der Waals surface area contributed by atoms with Gasteiger partial charge >= 0.3 is 0 Å². The lowest BCUT2D eigenvalue weighted by molar-refractivity contribution is 0.0161. The first-order valence-corrected chi connectivity index (χ1v) is 43.5. The highest BCUT2D eigenvalue weighted by Crippen LogP contribution is 2.37. The number of anilines is 1. The first kappa shape index (κ1) is 110. The molecule has 3 heterocycles. The third kappa shape index (κ3) is 94.2. The Kier molecular flexibility index (Phi) is 101. The summed E-state index contributed by atoms with van der Waals surface area (Å²) >= 11 is 0.